The first-order valence-electron chi connectivity index (χ1n) is 3.58. The molecule has 0 atom stereocenters. The fourth-order valence-electron chi connectivity index (χ4n) is 0.943. The van der Waals surface area contributed by atoms with E-state index in [2.05, 4.69) is 9.72 Å². The van der Waals surface area contributed by atoms with Gasteiger partial charge in [0.2, 0.25) is 0 Å². The molecule has 0 aromatic carbocycles. The van der Waals surface area contributed by atoms with Gasteiger partial charge in [-0.05, 0) is 6.07 Å². The third-order valence-corrected chi connectivity index (χ3v) is 1.87. The minimum absolute atomic E-state index is 0.262. The molecule has 0 unspecified atom stereocenters. The van der Waals surface area contributed by atoms with Crippen LogP contribution in [-0.2, 0) is 4.74 Å². The average Bonchev–Trinajstić information content (AvgIpc) is 2.15. The first kappa shape index (κ1) is 10.8. The molecule has 3 nitrogen and oxygen atoms in total. The molecular weight excluding hydrogens is 216 g/mol. The number of carbonyl (C=O) groups is 1. The summed E-state index contributed by atoms with van der Waals surface area (Å²) >= 11 is 5.43. The third kappa shape index (κ3) is 1.98. The molecule has 0 aliphatic heterocycles. The van der Waals surface area contributed by atoms with E-state index in [-0.39, 0.29) is 10.7 Å². The maximum Gasteiger partial charge on any atom is 0.338 e. The van der Waals surface area contributed by atoms with Crippen molar-refractivity contribution in [3.63, 3.8) is 0 Å². The zero-order valence-corrected chi connectivity index (χ0v) is 7.89. The summed E-state index contributed by atoms with van der Waals surface area (Å²) in [6, 6.07) is 1.14. The van der Waals surface area contributed by atoms with Crippen molar-refractivity contribution in [2.24, 2.45) is 0 Å². The van der Waals surface area contributed by atoms with E-state index in [4.69, 9.17) is 11.6 Å². The molecule has 0 bridgehead atoms. The summed E-state index contributed by atoms with van der Waals surface area (Å²) in [7, 11) is 1.10. The third-order valence-electron chi connectivity index (χ3n) is 1.57. The van der Waals surface area contributed by atoms with Crippen LogP contribution in [0.25, 0.3) is 0 Å². The highest BCUT2D eigenvalue weighted by atomic mass is 35.5. The number of methoxy groups -OCH3 is 1. The Balaban J connectivity index is 3.28. The maximum atomic E-state index is 12.5. The number of halogens is 3. The molecule has 0 aliphatic rings. The summed E-state index contributed by atoms with van der Waals surface area (Å²) in [6.07, 6.45) is -1.69. The van der Waals surface area contributed by atoms with Crippen LogP contribution in [0.1, 0.15) is 22.3 Å². The minimum Gasteiger partial charge on any atom is -0.465 e. The molecule has 1 aromatic heterocycles. The largest absolute Gasteiger partial charge is 0.465 e. The van der Waals surface area contributed by atoms with Gasteiger partial charge in [-0.3, -0.25) is 0 Å². The predicted molar refractivity (Wildman–Crippen MR) is 45.5 cm³/mol. The molecule has 0 aliphatic carbocycles. The van der Waals surface area contributed by atoms with Crippen molar-refractivity contribution in [2.75, 3.05) is 7.11 Å². The van der Waals surface area contributed by atoms with Crippen molar-refractivity contribution in [3.8, 4) is 0 Å². The molecular formula is C8H6ClF2NO2. The SMILES string of the molecule is COC(=O)c1ccnc(Cl)c1C(F)F. The van der Waals surface area contributed by atoms with E-state index in [1.54, 1.807) is 0 Å². The van der Waals surface area contributed by atoms with E-state index in [0.29, 0.717) is 0 Å². The number of aromatic nitrogens is 1. The number of pyridine rings is 1. The Kier molecular flexibility index (Phi) is 3.35. The standard InChI is InChI=1S/C8H6ClF2NO2/c1-14-8(13)4-2-3-12-6(9)5(4)7(10)11/h2-3,7H,1H3. The Labute approximate surface area is 83.7 Å². The Morgan fingerprint density at radius 1 is 1.64 bits per heavy atom. The summed E-state index contributed by atoms with van der Waals surface area (Å²) < 4.78 is 29.2. The number of alkyl halides is 2. The molecule has 0 amide bonds. The van der Waals surface area contributed by atoms with Gasteiger partial charge in [0, 0.05) is 6.20 Å². The van der Waals surface area contributed by atoms with E-state index in [9.17, 15) is 13.6 Å². The van der Waals surface area contributed by atoms with Crippen LogP contribution >= 0.6 is 11.6 Å². The Morgan fingerprint density at radius 3 is 2.79 bits per heavy atom. The molecule has 0 N–H and O–H groups in total. The quantitative estimate of drug-likeness (QED) is 0.569. The van der Waals surface area contributed by atoms with Gasteiger partial charge in [0.1, 0.15) is 5.15 Å². The highest BCUT2D eigenvalue weighted by Crippen LogP contribution is 2.28. The van der Waals surface area contributed by atoms with Crippen LogP contribution < -0.4 is 0 Å². The molecule has 1 aromatic rings. The summed E-state index contributed by atoms with van der Waals surface area (Å²) in [5, 5.41) is -0.386. The summed E-state index contributed by atoms with van der Waals surface area (Å²) in [5.41, 5.74) is -0.858. The number of hydrogen-bond acceptors (Lipinski definition) is 3. The highest BCUT2D eigenvalue weighted by molar-refractivity contribution is 6.30. The second-order valence-electron chi connectivity index (χ2n) is 2.36. The number of carbonyl (C=O) groups excluding carboxylic acids is 1. The van der Waals surface area contributed by atoms with Gasteiger partial charge in [-0.25, -0.2) is 18.6 Å². The maximum absolute atomic E-state index is 12.5. The molecule has 6 heteroatoms. The number of rotatable bonds is 2. The Morgan fingerprint density at radius 2 is 2.29 bits per heavy atom. The van der Waals surface area contributed by atoms with Gasteiger partial charge in [-0.15, -0.1) is 0 Å². The lowest BCUT2D eigenvalue weighted by Crippen LogP contribution is -2.07. The second-order valence-corrected chi connectivity index (χ2v) is 2.71. The minimum atomic E-state index is -2.86. The molecule has 0 fully saturated rings. The lowest BCUT2D eigenvalue weighted by molar-refractivity contribution is 0.0589. The van der Waals surface area contributed by atoms with Gasteiger partial charge in [0.15, 0.2) is 0 Å². The number of esters is 1. The van der Waals surface area contributed by atoms with Crippen LogP contribution in [0.15, 0.2) is 12.3 Å². The van der Waals surface area contributed by atoms with Crippen molar-refractivity contribution < 1.29 is 18.3 Å². The van der Waals surface area contributed by atoms with Gasteiger partial charge in [0.05, 0.1) is 18.2 Å². The zero-order valence-electron chi connectivity index (χ0n) is 7.13. The highest BCUT2D eigenvalue weighted by Gasteiger charge is 2.22. The summed E-state index contributed by atoms with van der Waals surface area (Å²) in [4.78, 5) is 14.5. The molecule has 76 valence electrons. The summed E-state index contributed by atoms with van der Waals surface area (Å²) in [6.45, 7) is 0. The first-order valence-corrected chi connectivity index (χ1v) is 3.96. The van der Waals surface area contributed by atoms with Crippen molar-refractivity contribution >= 4 is 17.6 Å². The van der Waals surface area contributed by atoms with Crippen LogP contribution in [0.2, 0.25) is 5.15 Å². The molecule has 0 saturated carbocycles. The normalized spacial score (nSPS) is 10.4. The van der Waals surface area contributed by atoms with Gasteiger partial charge < -0.3 is 4.74 Å². The monoisotopic (exact) mass is 221 g/mol. The van der Waals surface area contributed by atoms with Crippen molar-refractivity contribution in [1.29, 1.82) is 0 Å². The van der Waals surface area contributed by atoms with E-state index < -0.39 is 18.0 Å². The number of hydrogen-bond donors (Lipinski definition) is 0. The topological polar surface area (TPSA) is 39.2 Å². The molecule has 0 spiro atoms. The van der Waals surface area contributed by atoms with Crippen molar-refractivity contribution in [1.82, 2.24) is 4.98 Å². The summed E-state index contributed by atoms with van der Waals surface area (Å²) in [5.74, 6) is -0.857. The Bertz CT molecular complexity index is 357. The van der Waals surface area contributed by atoms with Crippen molar-refractivity contribution in [3.05, 3.63) is 28.5 Å². The fourth-order valence-corrected chi connectivity index (χ4v) is 1.18. The van der Waals surface area contributed by atoms with Gasteiger partial charge >= 0.3 is 5.97 Å². The van der Waals surface area contributed by atoms with Gasteiger partial charge in [0.25, 0.3) is 6.43 Å². The van der Waals surface area contributed by atoms with E-state index in [0.717, 1.165) is 13.2 Å². The lowest BCUT2D eigenvalue weighted by atomic mass is 10.1. The van der Waals surface area contributed by atoms with E-state index in [1.807, 2.05) is 0 Å². The first-order chi connectivity index (χ1) is 6.57. The molecule has 0 saturated heterocycles. The van der Waals surface area contributed by atoms with Crippen LogP contribution in [-0.4, -0.2) is 18.1 Å². The van der Waals surface area contributed by atoms with Crippen LogP contribution in [0.5, 0.6) is 0 Å². The number of ether oxygens (including phenoxy) is 1. The van der Waals surface area contributed by atoms with E-state index in [1.165, 1.54) is 6.20 Å². The molecule has 14 heavy (non-hydrogen) atoms. The van der Waals surface area contributed by atoms with Crippen LogP contribution in [0.3, 0.4) is 0 Å². The molecule has 1 rings (SSSR count). The lowest BCUT2D eigenvalue weighted by Gasteiger charge is -2.07. The zero-order chi connectivity index (χ0) is 10.7. The number of nitrogens with zero attached hydrogens (tertiary/aromatic N) is 1. The average molecular weight is 222 g/mol. The van der Waals surface area contributed by atoms with Gasteiger partial charge in [-0.1, -0.05) is 11.6 Å². The smallest absolute Gasteiger partial charge is 0.338 e. The van der Waals surface area contributed by atoms with Crippen LogP contribution in [0, 0.1) is 0 Å². The molecule has 0 radical (unpaired) electrons. The second kappa shape index (κ2) is 4.32. The van der Waals surface area contributed by atoms with Crippen LogP contribution in [0.4, 0.5) is 8.78 Å². The molecule has 1 heterocycles. The van der Waals surface area contributed by atoms with Gasteiger partial charge in [-0.2, -0.15) is 0 Å². The Hall–Kier alpha value is -1.23. The van der Waals surface area contributed by atoms with Crippen molar-refractivity contribution in [2.45, 2.75) is 6.43 Å². The van der Waals surface area contributed by atoms with E-state index >= 15 is 0 Å². The predicted octanol–water partition coefficient (Wildman–Crippen LogP) is 2.46. The fraction of sp³-hybridized carbons (Fsp3) is 0.250.